The Labute approximate surface area is 104 Å². The van der Waals surface area contributed by atoms with Crippen LogP contribution in [0.2, 0.25) is 0 Å². The molecule has 1 aliphatic heterocycles. The summed E-state index contributed by atoms with van der Waals surface area (Å²) in [7, 11) is 0. The number of rotatable bonds is 6. The van der Waals surface area contributed by atoms with E-state index in [0.29, 0.717) is 12.5 Å². The van der Waals surface area contributed by atoms with Gasteiger partial charge in [0.1, 0.15) is 0 Å². The summed E-state index contributed by atoms with van der Waals surface area (Å²) in [5.74, 6) is 2.94. The van der Waals surface area contributed by atoms with E-state index in [1.807, 2.05) is 0 Å². The van der Waals surface area contributed by atoms with Crippen LogP contribution >= 0.6 is 0 Å². The van der Waals surface area contributed by atoms with E-state index >= 15 is 0 Å². The molecule has 2 saturated carbocycles. The van der Waals surface area contributed by atoms with Crippen molar-refractivity contribution in [3.8, 4) is 0 Å². The van der Waals surface area contributed by atoms with Crippen LogP contribution in [-0.2, 0) is 4.79 Å². The van der Waals surface area contributed by atoms with Gasteiger partial charge in [-0.25, -0.2) is 0 Å². The summed E-state index contributed by atoms with van der Waals surface area (Å²) in [6, 6.07) is 0.440. The normalized spacial score (nSPS) is 28.6. The van der Waals surface area contributed by atoms with Crippen LogP contribution in [0.4, 0.5) is 0 Å². The Bertz CT molecular complexity index is 266. The minimum Gasteiger partial charge on any atom is -0.356 e. The van der Waals surface area contributed by atoms with Crippen LogP contribution in [0.25, 0.3) is 0 Å². The van der Waals surface area contributed by atoms with Crippen LogP contribution in [0, 0.1) is 17.8 Å². The molecule has 3 fully saturated rings. The summed E-state index contributed by atoms with van der Waals surface area (Å²) in [6.45, 7) is 2.03. The van der Waals surface area contributed by atoms with Crippen LogP contribution in [0.1, 0.15) is 44.9 Å². The van der Waals surface area contributed by atoms with E-state index in [4.69, 9.17) is 0 Å². The molecule has 96 valence electrons. The first-order valence-corrected chi connectivity index (χ1v) is 7.33. The van der Waals surface area contributed by atoms with Gasteiger partial charge in [-0.15, -0.1) is 0 Å². The number of amides is 1. The molecule has 0 aromatic heterocycles. The fraction of sp³-hybridized carbons (Fsp3) is 0.929. The molecule has 0 aromatic carbocycles. The molecule has 2 aliphatic carbocycles. The molecule has 0 aromatic rings. The second kappa shape index (κ2) is 4.97. The standard InChI is InChI=1S/C14H24N2O/c17-14(8-12-2-1-7-15-12)16-9-13(10-3-4-10)11-5-6-11/h10-13,15H,1-9H2,(H,16,17). The molecule has 0 bridgehead atoms. The Hall–Kier alpha value is -0.570. The van der Waals surface area contributed by atoms with Gasteiger partial charge in [-0.2, -0.15) is 0 Å². The molecule has 1 heterocycles. The SMILES string of the molecule is O=C(CC1CCCN1)NCC(C1CC1)C1CC1. The van der Waals surface area contributed by atoms with Crippen molar-refractivity contribution in [2.75, 3.05) is 13.1 Å². The van der Waals surface area contributed by atoms with Crippen LogP contribution < -0.4 is 10.6 Å². The highest BCUT2D eigenvalue weighted by molar-refractivity contribution is 5.76. The van der Waals surface area contributed by atoms with Crippen molar-refractivity contribution in [3.63, 3.8) is 0 Å². The van der Waals surface area contributed by atoms with Crippen molar-refractivity contribution < 1.29 is 4.79 Å². The van der Waals surface area contributed by atoms with Crippen LogP contribution in [0.3, 0.4) is 0 Å². The predicted octanol–water partition coefficient (Wildman–Crippen LogP) is 1.68. The monoisotopic (exact) mass is 236 g/mol. The van der Waals surface area contributed by atoms with Gasteiger partial charge in [0.2, 0.25) is 5.91 Å². The molecule has 3 heteroatoms. The van der Waals surface area contributed by atoms with Gasteiger partial charge in [0.05, 0.1) is 0 Å². The number of hydrogen-bond acceptors (Lipinski definition) is 2. The van der Waals surface area contributed by atoms with Crippen LogP contribution in [0.5, 0.6) is 0 Å². The summed E-state index contributed by atoms with van der Waals surface area (Å²) in [5.41, 5.74) is 0. The second-order valence-electron chi connectivity index (χ2n) is 6.14. The van der Waals surface area contributed by atoms with E-state index in [-0.39, 0.29) is 5.91 Å². The van der Waals surface area contributed by atoms with Crippen molar-refractivity contribution in [1.82, 2.24) is 10.6 Å². The minimum absolute atomic E-state index is 0.260. The van der Waals surface area contributed by atoms with Crippen molar-refractivity contribution in [2.24, 2.45) is 17.8 Å². The molecule has 0 spiro atoms. The molecule has 3 aliphatic rings. The quantitative estimate of drug-likeness (QED) is 0.736. The van der Waals surface area contributed by atoms with E-state index < -0.39 is 0 Å². The third-order valence-corrected chi connectivity index (χ3v) is 4.58. The van der Waals surface area contributed by atoms with E-state index in [9.17, 15) is 4.79 Å². The van der Waals surface area contributed by atoms with E-state index in [2.05, 4.69) is 10.6 Å². The minimum atomic E-state index is 0.260. The van der Waals surface area contributed by atoms with Crippen molar-refractivity contribution >= 4 is 5.91 Å². The summed E-state index contributed by atoms with van der Waals surface area (Å²) in [4.78, 5) is 11.8. The average molecular weight is 236 g/mol. The number of hydrogen-bond donors (Lipinski definition) is 2. The molecule has 1 unspecified atom stereocenters. The molecular formula is C14H24N2O. The number of carbonyl (C=O) groups is 1. The number of nitrogens with one attached hydrogen (secondary N) is 2. The first-order valence-electron chi connectivity index (χ1n) is 7.33. The van der Waals surface area contributed by atoms with Crippen molar-refractivity contribution in [1.29, 1.82) is 0 Å². The molecule has 17 heavy (non-hydrogen) atoms. The molecule has 3 nitrogen and oxygen atoms in total. The molecule has 2 N–H and O–H groups in total. The molecular weight excluding hydrogens is 212 g/mol. The maximum atomic E-state index is 11.8. The second-order valence-corrected chi connectivity index (χ2v) is 6.14. The Morgan fingerprint density at radius 2 is 1.88 bits per heavy atom. The van der Waals surface area contributed by atoms with Gasteiger partial charge in [-0.3, -0.25) is 4.79 Å². The summed E-state index contributed by atoms with van der Waals surface area (Å²) in [6.07, 6.45) is 8.69. The third kappa shape index (κ3) is 3.21. The zero-order chi connectivity index (χ0) is 11.7. The Kier molecular flexibility index (Phi) is 3.37. The Morgan fingerprint density at radius 3 is 2.41 bits per heavy atom. The van der Waals surface area contributed by atoms with Gasteiger partial charge >= 0.3 is 0 Å². The smallest absolute Gasteiger partial charge is 0.221 e. The summed E-state index contributed by atoms with van der Waals surface area (Å²) in [5, 5.41) is 6.56. The topological polar surface area (TPSA) is 41.1 Å². The third-order valence-electron chi connectivity index (χ3n) is 4.58. The molecule has 0 radical (unpaired) electrons. The highest BCUT2D eigenvalue weighted by Crippen LogP contribution is 2.48. The largest absolute Gasteiger partial charge is 0.356 e. The Morgan fingerprint density at radius 1 is 1.18 bits per heavy atom. The first kappa shape index (κ1) is 11.5. The fourth-order valence-corrected chi connectivity index (χ4v) is 3.23. The highest BCUT2D eigenvalue weighted by atomic mass is 16.1. The lowest BCUT2D eigenvalue weighted by Crippen LogP contribution is -2.35. The molecule has 3 rings (SSSR count). The van der Waals surface area contributed by atoms with Gasteiger partial charge in [-0.05, 0) is 62.8 Å². The number of carbonyl (C=O) groups excluding carboxylic acids is 1. The highest BCUT2D eigenvalue weighted by Gasteiger charge is 2.41. The zero-order valence-electron chi connectivity index (χ0n) is 10.6. The van der Waals surface area contributed by atoms with Gasteiger partial charge in [0, 0.05) is 19.0 Å². The zero-order valence-corrected chi connectivity index (χ0v) is 10.6. The fourth-order valence-electron chi connectivity index (χ4n) is 3.23. The van der Waals surface area contributed by atoms with E-state index in [1.54, 1.807) is 0 Å². The predicted molar refractivity (Wildman–Crippen MR) is 67.6 cm³/mol. The maximum absolute atomic E-state index is 11.8. The van der Waals surface area contributed by atoms with Crippen molar-refractivity contribution in [3.05, 3.63) is 0 Å². The molecule has 1 atom stereocenters. The van der Waals surface area contributed by atoms with Crippen LogP contribution in [-0.4, -0.2) is 25.0 Å². The molecule has 1 amide bonds. The van der Waals surface area contributed by atoms with Gasteiger partial charge < -0.3 is 10.6 Å². The maximum Gasteiger partial charge on any atom is 0.221 e. The molecule has 1 saturated heterocycles. The van der Waals surface area contributed by atoms with Gasteiger partial charge in [-0.1, -0.05) is 0 Å². The lowest BCUT2D eigenvalue weighted by atomic mass is 9.98. The van der Waals surface area contributed by atoms with Gasteiger partial charge in [0.15, 0.2) is 0 Å². The van der Waals surface area contributed by atoms with Crippen molar-refractivity contribution in [2.45, 2.75) is 51.0 Å². The summed E-state index contributed by atoms with van der Waals surface area (Å²) < 4.78 is 0. The van der Waals surface area contributed by atoms with E-state index in [0.717, 1.165) is 30.8 Å². The first-order chi connectivity index (χ1) is 8.33. The average Bonchev–Trinajstić information content (AvgIpc) is 3.22. The van der Waals surface area contributed by atoms with Crippen LogP contribution in [0.15, 0.2) is 0 Å². The lowest BCUT2D eigenvalue weighted by molar-refractivity contribution is -0.121. The van der Waals surface area contributed by atoms with E-state index in [1.165, 1.54) is 38.5 Å². The summed E-state index contributed by atoms with van der Waals surface area (Å²) >= 11 is 0. The lowest BCUT2D eigenvalue weighted by Gasteiger charge is -2.17. The van der Waals surface area contributed by atoms with Gasteiger partial charge in [0.25, 0.3) is 0 Å². The Balaban J connectivity index is 1.38.